The predicted molar refractivity (Wildman–Crippen MR) is 103 cm³/mol. The van der Waals surface area contributed by atoms with Crippen LogP contribution in [0.15, 0.2) is 81.6 Å². The molecule has 144 valence electrons. The van der Waals surface area contributed by atoms with Crippen LogP contribution < -0.4 is 10.1 Å². The fourth-order valence-corrected chi connectivity index (χ4v) is 3.29. The second-order valence-corrected chi connectivity index (χ2v) is 7.58. The van der Waals surface area contributed by atoms with E-state index >= 15 is 0 Å². The zero-order valence-corrected chi connectivity index (χ0v) is 15.8. The van der Waals surface area contributed by atoms with Crippen LogP contribution in [0.1, 0.15) is 28.6 Å². The van der Waals surface area contributed by atoms with Crippen LogP contribution in [0.25, 0.3) is 0 Å². The molecule has 28 heavy (non-hydrogen) atoms. The number of carbonyl (C=O) groups excluding carboxylic acids is 1. The van der Waals surface area contributed by atoms with E-state index in [0.29, 0.717) is 22.6 Å². The van der Waals surface area contributed by atoms with E-state index < -0.39 is 10.0 Å². The van der Waals surface area contributed by atoms with Gasteiger partial charge in [0.15, 0.2) is 0 Å². The topological polar surface area (TPSA) is 114 Å². The third kappa shape index (κ3) is 4.90. The molecule has 1 amide bonds. The van der Waals surface area contributed by atoms with E-state index in [2.05, 4.69) is 20.2 Å². The molecule has 0 bridgehead atoms. The molecule has 0 unspecified atom stereocenters. The summed E-state index contributed by atoms with van der Waals surface area (Å²) >= 11 is 0. The molecule has 2 N–H and O–H groups in total. The number of aromatic nitrogens is 1. The van der Waals surface area contributed by atoms with Crippen molar-refractivity contribution in [2.45, 2.75) is 18.4 Å². The maximum atomic E-state index is 12.3. The van der Waals surface area contributed by atoms with Crippen LogP contribution in [-0.4, -0.2) is 25.0 Å². The highest BCUT2D eigenvalue weighted by Crippen LogP contribution is 2.12. The number of furan rings is 1. The summed E-state index contributed by atoms with van der Waals surface area (Å²) in [6, 6.07) is 12.8. The minimum atomic E-state index is -3.67. The maximum Gasteiger partial charge on any atom is 0.272 e. The predicted octanol–water partition coefficient (Wildman–Crippen LogP) is 2.31. The van der Waals surface area contributed by atoms with Crippen LogP contribution >= 0.6 is 0 Å². The number of hydrogen-bond donors (Lipinski definition) is 2. The van der Waals surface area contributed by atoms with Crippen molar-refractivity contribution in [3.8, 4) is 0 Å². The highest BCUT2D eigenvalue weighted by atomic mass is 32.2. The van der Waals surface area contributed by atoms with Crippen LogP contribution in [0.5, 0.6) is 0 Å². The van der Waals surface area contributed by atoms with Gasteiger partial charge in [-0.1, -0.05) is 12.1 Å². The first-order valence-electron chi connectivity index (χ1n) is 8.33. The van der Waals surface area contributed by atoms with Gasteiger partial charge >= 0.3 is 0 Å². The Kier molecular flexibility index (Phi) is 5.97. The highest BCUT2D eigenvalue weighted by molar-refractivity contribution is 7.89. The Morgan fingerprint density at radius 1 is 1.11 bits per heavy atom. The number of pyridine rings is 1. The standard InChI is InChI=1S/C19H18N4O4S/c1-14(22-23-19(24)16-4-2-10-20-12-16)15-6-8-18(9-7-15)28(25,26)21-13-17-5-3-11-27-17/h2-12,21H,13H2,1H3,(H,23,24)/b22-14+. The Labute approximate surface area is 162 Å². The van der Waals surface area contributed by atoms with Crippen LogP contribution in [0.2, 0.25) is 0 Å². The smallest absolute Gasteiger partial charge is 0.272 e. The quantitative estimate of drug-likeness (QED) is 0.468. The molecule has 0 radical (unpaired) electrons. The average molecular weight is 398 g/mol. The second kappa shape index (κ2) is 8.59. The van der Waals surface area contributed by atoms with Gasteiger partial charge in [0.05, 0.1) is 29.0 Å². The van der Waals surface area contributed by atoms with E-state index in [1.807, 2.05) is 0 Å². The van der Waals surface area contributed by atoms with Gasteiger partial charge in [-0.05, 0) is 48.9 Å². The van der Waals surface area contributed by atoms with Gasteiger partial charge in [-0.15, -0.1) is 0 Å². The summed E-state index contributed by atoms with van der Waals surface area (Å²) in [5.74, 6) is 0.140. The van der Waals surface area contributed by atoms with E-state index in [4.69, 9.17) is 4.42 Å². The number of amides is 1. The van der Waals surface area contributed by atoms with Gasteiger partial charge in [0.2, 0.25) is 10.0 Å². The number of nitrogens with zero attached hydrogens (tertiary/aromatic N) is 2. The fraction of sp³-hybridized carbons (Fsp3) is 0.105. The third-order valence-electron chi connectivity index (χ3n) is 3.85. The van der Waals surface area contributed by atoms with E-state index in [1.165, 1.54) is 24.6 Å². The lowest BCUT2D eigenvalue weighted by molar-refractivity contribution is 0.0954. The fourth-order valence-electron chi connectivity index (χ4n) is 2.30. The zero-order chi connectivity index (χ0) is 20.0. The number of benzene rings is 1. The molecule has 2 heterocycles. The van der Waals surface area contributed by atoms with Gasteiger partial charge in [-0.25, -0.2) is 18.6 Å². The van der Waals surface area contributed by atoms with Crippen molar-refractivity contribution in [2.24, 2.45) is 5.10 Å². The summed E-state index contributed by atoms with van der Waals surface area (Å²) < 4.78 is 32.3. The van der Waals surface area contributed by atoms with Crippen molar-refractivity contribution >= 4 is 21.6 Å². The van der Waals surface area contributed by atoms with Crippen molar-refractivity contribution in [1.29, 1.82) is 0 Å². The van der Waals surface area contributed by atoms with Crippen LogP contribution in [-0.2, 0) is 16.6 Å². The second-order valence-electron chi connectivity index (χ2n) is 5.81. The summed E-state index contributed by atoms with van der Waals surface area (Å²) in [5, 5.41) is 4.04. The Morgan fingerprint density at radius 3 is 2.54 bits per heavy atom. The minimum Gasteiger partial charge on any atom is -0.468 e. The van der Waals surface area contributed by atoms with Crippen molar-refractivity contribution in [1.82, 2.24) is 15.1 Å². The number of carbonyl (C=O) groups is 1. The normalized spacial score (nSPS) is 12.0. The Bertz CT molecular complexity index is 1060. The maximum absolute atomic E-state index is 12.3. The molecule has 0 fully saturated rings. The molecule has 0 aliphatic heterocycles. The van der Waals surface area contributed by atoms with Crippen LogP contribution in [0.3, 0.4) is 0 Å². The lowest BCUT2D eigenvalue weighted by atomic mass is 10.1. The molecule has 9 heteroatoms. The number of rotatable bonds is 7. The van der Waals surface area contributed by atoms with E-state index in [0.717, 1.165) is 0 Å². The molecule has 0 aliphatic carbocycles. The molecule has 0 saturated carbocycles. The van der Waals surface area contributed by atoms with Crippen molar-refractivity contribution in [3.63, 3.8) is 0 Å². The third-order valence-corrected chi connectivity index (χ3v) is 5.26. The van der Waals surface area contributed by atoms with Crippen molar-refractivity contribution < 1.29 is 17.6 Å². The molecular formula is C19H18N4O4S. The van der Waals surface area contributed by atoms with Crippen molar-refractivity contribution in [3.05, 3.63) is 84.1 Å². The summed E-state index contributed by atoms with van der Waals surface area (Å²) in [4.78, 5) is 16.0. The highest BCUT2D eigenvalue weighted by Gasteiger charge is 2.14. The molecule has 3 rings (SSSR count). The van der Waals surface area contributed by atoms with Gasteiger partial charge in [0.1, 0.15) is 5.76 Å². The van der Waals surface area contributed by atoms with Crippen LogP contribution in [0, 0.1) is 0 Å². The Morgan fingerprint density at radius 2 is 1.89 bits per heavy atom. The van der Waals surface area contributed by atoms with Gasteiger partial charge in [0.25, 0.3) is 5.91 Å². The Balaban J connectivity index is 1.65. The molecule has 0 aliphatic rings. The van der Waals surface area contributed by atoms with Gasteiger partial charge in [-0.3, -0.25) is 9.78 Å². The van der Waals surface area contributed by atoms with E-state index in [1.54, 1.807) is 49.5 Å². The number of nitrogens with one attached hydrogen (secondary N) is 2. The van der Waals surface area contributed by atoms with Crippen LogP contribution in [0.4, 0.5) is 0 Å². The summed E-state index contributed by atoms with van der Waals surface area (Å²) in [6.07, 6.45) is 4.49. The molecule has 3 aromatic rings. The lowest BCUT2D eigenvalue weighted by Gasteiger charge is -2.07. The molecule has 2 aromatic heterocycles. The zero-order valence-electron chi connectivity index (χ0n) is 15.0. The SMILES string of the molecule is C/C(=N\NC(=O)c1cccnc1)c1ccc(S(=O)(=O)NCc2ccco2)cc1. The molecule has 0 spiro atoms. The lowest BCUT2D eigenvalue weighted by Crippen LogP contribution is -2.23. The first-order valence-corrected chi connectivity index (χ1v) is 9.81. The molecular weight excluding hydrogens is 380 g/mol. The summed E-state index contributed by atoms with van der Waals surface area (Å²) in [7, 11) is -3.67. The number of sulfonamides is 1. The minimum absolute atomic E-state index is 0.0674. The largest absolute Gasteiger partial charge is 0.468 e. The molecule has 0 atom stereocenters. The first kappa shape index (κ1) is 19.5. The monoisotopic (exact) mass is 398 g/mol. The Hall–Kier alpha value is -3.30. The van der Waals surface area contributed by atoms with Gasteiger partial charge < -0.3 is 4.42 Å². The molecule has 1 aromatic carbocycles. The summed E-state index contributed by atoms with van der Waals surface area (Å²) in [6.45, 7) is 1.78. The first-order chi connectivity index (χ1) is 13.5. The molecule has 8 nitrogen and oxygen atoms in total. The number of hydrogen-bond acceptors (Lipinski definition) is 6. The van der Waals surface area contributed by atoms with E-state index in [9.17, 15) is 13.2 Å². The van der Waals surface area contributed by atoms with E-state index in [-0.39, 0.29) is 17.3 Å². The van der Waals surface area contributed by atoms with Crippen molar-refractivity contribution in [2.75, 3.05) is 0 Å². The number of hydrazone groups is 1. The van der Waals surface area contributed by atoms with Gasteiger partial charge in [-0.2, -0.15) is 5.10 Å². The van der Waals surface area contributed by atoms with Gasteiger partial charge in [0, 0.05) is 12.4 Å². The summed E-state index contributed by atoms with van der Waals surface area (Å²) in [5.41, 5.74) is 4.05. The molecule has 0 saturated heterocycles. The average Bonchev–Trinajstić information content (AvgIpc) is 3.25.